The van der Waals surface area contributed by atoms with Gasteiger partial charge < -0.3 is 0 Å². The van der Waals surface area contributed by atoms with E-state index in [1.807, 2.05) is 0 Å². The van der Waals surface area contributed by atoms with Gasteiger partial charge in [0.1, 0.15) is 0 Å². The minimum absolute atomic E-state index is 0.0209. The minimum Gasteiger partial charge on any atom is -0.292 e. The molecule has 3 rings (SSSR count). The third-order valence-corrected chi connectivity index (χ3v) is 5.54. The van der Waals surface area contributed by atoms with E-state index in [2.05, 4.69) is 11.9 Å². The molecule has 3 fully saturated rings. The maximum atomic E-state index is 12.5. The number of rotatable bonds is 2. The molecule has 4 unspecified atom stereocenters. The van der Waals surface area contributed by atoms with Crippen LogP contribution >= 0.6 is 0 Å². The fourth-order valence-electron chi connectivity index (χ4n) is 4.77. The molecule has 0 saturated heterocycles. The van der Waals surface area contributed by atoms with Gasteiger partial charge in [0, 0.05) is 5.57 Å². The molecular formula is C15H21NO2. The first-order valence-electron chi connectivity index (χ1n) is 7.06. The zero-order valence-electron chi connectivity index (χ0n) is 11.0. The summed E-state index contributed by atoms with van der Waals surface area (Å²) in [6, 6.07) is 0. The van der Waals surface area contributed by atoms with Gasteiger partial charge in [-0.3, -0.25) is 14.9 Å². The Balaban J connectivity index is 1.80. The Morgan fingerprint density at radius 2 is 2.06 bits per heavy atom. The maximum Gasteiger partial charge on any atom is 0.252 e. The van der Waals surface area contributed by atoms with E-state index >= 15 is 0 Å². The quantitative estimate of drug-likeness (QED) is 0.762. The predicted octanol–water partition coefficient (Wildman–Crippen LogP) is 2.42. The van der Waals surface area contributed by atoms with Crippen LogP contribution in [0, 0.1) is 23.2 Å². The molecule has 18 heavy (non-hydrogen) atoms. The summed E-state index contributed by atoms with van der Waals surface area (Å²) < 4.78 is 0. The topological polar surface area (TPSA) is 46.2 Å². The molecule has 3 nitrogen and oxygen atoms in total. The number of imide groups is 1. The lowest BCUT2D eigenvalue weighted by molar-refractivity contribution is -0.137. The second-order valence-electron chi connectivity index (χ2n) is 6.42. The van der Waals surface area contributed by atoms with Crippen molar-refractivity contribution in [3.8, 4) is 0 Å². The Morgan fingerprint density at radius 3 is 2.78 bits per heavy atom. The van der Waals surface area contributed by atoms with Gasteiger partial charge in [0.05, 0.1) is 5.41 Å². The first-order chi connectivity index (χ1) is 8.54. The van der Waals surface area contributed by atoms with E-state index in [0.29, 0.717) is 11.5 Å². The molecule has 4 atom stereocenters. The van der Waals surface area contributed by atoms with Gasteiger partial charge in [0.15, 0.2) is 0 Å². The Bertz CT molecular complexity index is 428. The van der Waals surface area contributed by atoms with Crippen molar-refractivity contribution < 1.29 is 9.59 Å². The highest BCUT2D eigenvalue weighted by Gasteiger charge is 2.62. The van der Waals surface area contributed by atoms with Gasteiger partial charge in [-0.15, -0.1) is 0 Å². The summed E-state index contributed by atoms with van der Waals surface area (Å²) in [6.07, 6.45) is 6.89. The zero-order valence-corrected chi connectivity index (χ0v) is 11.0. The average Bonchev–Trinajstić information content (AvgIpc) is 3.01. The molecule has 2 amide bonds. The molecule has 0 spiro atoms. The Labute approximate surface area is 108 Å². The van der Waals surface area contributed by atoms with Gasteiger partial charge in [-0.25, -0.2) is 0 Å². The van der Waals surface area contributed by atoms with Crippen LogP contribution in [0.1, 0.15) is 45.4 Å². The standard InChI is InChI=1S/C15H21NO2/c1-9(2)13(17)16-14(18)15-7-6-10(8-15)11-4-3-5-12(11)15/h10-12H,1,3-8H2,2H3,(H,16,17,18). The summed E-state index contributed by atoms with van der Waals surface area (Å²) in [5, 5.41) is 2.57. The largest absolute Gasteiger partial charge is 0.292 e. The number of nitrogens with one attached hydrogen (secondary N) is 1. The molecule has 3 heteroatoms. The third kappa shape index (κ3) is 1.49. The molecule has 0 heterocycles. The van der Waals surface area contributed by atoms with Gasteiger partial charge >= 0.3 is 0 Å². The van der Waals surface area contributed by atoms with Crippen LogP contribution in [0.5, 0.6) is 0 Å². The Morgan fingerprint density at radius 1 is 1.28 bits per heavy atom. The zero-order chi connectivity index (χ0) is 12.9. The van der Waals surface area contributed by atoms with Crippen molar-refractivity contribution in [3.05, 3.63) is 12.2 Å². The van der Waals surface area contributed by atoms with Crippen LogP contribution < -0.4 is 5.32 Å². The smallest absolute Gasteiger partial charge is 0.252 e. The maximum absolute atomic E-state index is 12.5. The van der Waals surface area contributed by atoms with E-state index < -0.39 is 0 Å². The third-order valence-electron chi connectivity index (χ3n) is 5.54. The van der Waals surface area contributed by atoms with E-state index in [0.717, 1.165) is 24.7 Å². The first-order valence-corrected chi connectivity index (χ1v) is 7.06. The average molecular weight is 247 g/mol. The lowest BCUT2D eigenvalue weighted by atomic mass is 9.71. The van der Waals surface area contributed by atoms with Crippen LogP contribution in [0.4, 0.5) is 0 Å². The number of hydrogen-bond acceptors (Lipinski definition) is 2. The van der Waals surface area contributed by atoms with E-state index in [4.69, 9.17) is 0 Å². The van der Waals surface area contributed by atoms with E-state index in [9.17, 15) is 9.59 Å². The molecule has 0 aliphatic heterocycles. The number of fused-ring (bicyclic) bond motifs is 5. The molecule has 98 valence electrons. The lowest BCUT2D eigenvalue weighted by Crippen LogP contribution is -2.46. The monoisotopic (exact) mass is 247 g/mol. The number of hydrogen-bond donors (Lipinski definition) is 1. The Kier molecular flexibility index (Phi) is 2.61. The van der Waals surface area contributed by atoms with Crippen molar-refractivity contribution in [1.29, 1.82) is 0 Å². The van der Waals surface area contributed by atoms with Gasteiger partial charge in [-0.2, -0.15) is 0 Å². The van der Waals surface area contributed by atoms with Crippen LogP contribution in [0.2, 0.25) is 0 Å². The second-order valence-corrected chi connectivity index (χ2v) is 6.42. The SMILES string of the molecule is C=C(C)C(=O)NC(=O)C12CCC(C1)C1CCCC12. The summed E-state index contributed by atoms with van der Waals surface area (Å²) in [5.74, 6) is 1.70. The minimum atomic E-state index is -0.306. The van der Waals surface area contributed by atoms with Crippen LogP contribution in [-0.4, -0.2) is 11.8 Å². The molecular weight excluding hydrogens is 226 g/mol. The van der Waals surface area contributed by atoms with Crippen LogP contribution in [0.15, 0.2) is 12.2 Å². The van der Waals surface area contributed by atoms with Crippen LogP contribution in [-0.2, 0) is 9.59 Å². The molecule has 2 bridgehead atoms. The van der Waals surface area contributed by atoms with Crippen molar-refractivity contribution in [2.45, 2.75) is 45.4 Å². The molecule has 3 aliphatic carbocycles. The van der Waals surface area contributed by atoms with Crippen molar-refractivity contribution in [3.63, 3.8) is 0 Å². The van der Waals surface area contributed by atoms with E-state index in [1.54, 1.807) is 6.92 Å². The Hall–Kier alpha value is -1.12. The normalized spacial score (nSPS) is 40.6. The molecule has 0 aromatic carbocycles. The molecule has 0 aromatic rings. The molecule has 0 aromatic heterocycles. The van der Waals surface area contributed by atoms with Crippen molar-refractivity contribution in [1.82, 2.24) is 5.32 Å². The summed E-state index contributed by atoms with van der Waals surface area (Å²) in [4.78, 5) is 24.2. The summed E-state index contributed by atoms with van der Waals surface area (Å²) in [6.45, 7) is 5.24. The van der Waals surface area contributed by atoms with Gasteiger partial charge in [0.25, 0.3) is 5.91 Å². The first kappa shape index (κ1) is 11.9. The highest BCUT2D eigenvalue weighted by molar-refractivity contribution is 6.05. The fourth-order valence-corrected chi connectivity index (χ4v) is 4.77. The second kappa shape index (κ2) is 3.94. The molecule has 3 aliphatic rings. The highest BCUT2D eigenvalue weighted by atomic mass is 16.2. The van der Waals surface area contributed by atoms with Crippen molar-refractivity contribution >= 4 is 11.8 Å². The van der Waals surface area contributed by atoms with Crippen LogP contribution in [0.3, 0.4) is 0 Å². The van der Waals surface area contributed by atoms with Gasteiger partial charge in [0.2, 0.25) is 5.91 Å². The van der Waals surface area contributed by atoms with Crippen molar-refractivity contribution in [2.75, 3.05) is 0 Å². The van der Waals surface area contributed by atoms with Gasteiger partial charge in [-0.05, 0) is 56.8 Å². The molecule has 3 saturated carbocycles. The molecule has 0 radical (unpaired) electrons. The predicted molar refractivity (Wildman–Crippen MR) is 68.6 cm³/mol. The fraction of sp³-hybridized carbons (Fsp3) is 0.733. The summed E-state index contributed by atoms with van der Waals surface area (Å²) >= 11 is 0. The van der Waals surface area contributed by atoms with E-state index in [1.165, 1.54) is 25.7 Å². The lowest BCUT2D eigenvalue weighted by Gasteiger charge is -2.34. The summed E-state index contributed by atoms with van der Waals surface area (Å²) in [7, 11) is 0. The highest BCUT2D eigenvalue weighted by Crippen LogP contribution is 2.65. The summed E-state index contributed by atoms with van der Waals surface area (Å²) in [5.41, 5.74) is 0.187. The number of carbonyl (C=O) groups excluding carboxylic acids is 2. The van der Waals surface area contributed by atoms with Crippen LogP contribution in [0.25, 0.3) is 0 Å². The van der Waals surface area contributed by atoms with E-state index in [-0.39, 0.29) is 17.2 Å². The van der Waals surface area contributed by atoms with Crippen molar-refractivity contribution in [2.24, 2.45) is 23.2 Å². The van der Waals surface area contributed by atoms with Gasteiger partial charge in [-0.1, -0.05) is 13.0 Å². The number of carbonyl (C=O) groups is 2. The number of amides is 2. The molecule has 1 N–H and O–H groups in total.